The van der Waals surface area contributed by atoms with E-state index in [-0.39, 0.29) is 0 Å². The molecule has 0 radical (unpaired) electrons. The molecule has 0 saturated carbocycles. The van der Waals surface area contributed by atoms with Crippen molar-refractivity contribution < 1.29 is 9.84 Å². The molecule has 16 heavy (non-hydrogen) atoms. The maximum Gasteiger partial charge on any atom is 0.106 e. The topological polar surface area (TPSA) is 47.3 Å². The molecule has 1 N–H and O–H groups in total. The Morgan fingerprint density at radius 1 is 1.69 bits per heavy atom. The number of thioether (sulfide) groups is 1. The number of rotatable bonds is 7. The fraction of sp³-hybridized carbons (Fsp3) is 0.700. The average Bonchev–Trinajstić information content (AvgIpc) is 2.64. The van der Waals surface area contributed by atoms with Crippen molar-refractivity contribution in [2.45, 2.75) is 19.6 Å². The Hall–Kier alpha value is -0.230. The van der Waals surface area contributed by atoms with Crippen molar-refractivity contribution in [1.82, 2.24) is 9.78 Å². The number of aliphatic hydroxyl groups excluding tert-OH is 1. The number of hydrogen-bond acceptors (Lipinski definition) is 4. The van der Waals surface area contributed by atoms with Gasteiger partial charge in [-0.25, -0.2) is 0 Å². The van der Waals surface area contributed by atoms with Gasteiger partial charge >= 0.3 is 0 Å². The van der Waals surface area contributed by atoms with E-state index in [1.54, 1.807) is 29.8 Å². The Balaban J connectivity index is 2.71. The van der Waals surface area contributed by atoms with Gasteiger partial charge in [0.1, 0.15) is 6.10 Å². The molecule has 1 unspecified atom stereocenters. The van der Waals surface area contributed by atoms with Gasteiger partial charge in [0.2, 0.25) is 0 Å². The second kappa shape index (κ2) is 7.17. The van der Waals surface area contributed by atoms with E-state index in [1.807, 2.05) is 0 Å². The first kappa shape index (κ1) is 13.8. The monoisotopic (exact) mass is 264 g/mol. The molecule has 0 amide bonds. The summed E-state index contributed by atoms with van der Waals surface area (Å²) in [7, 11) is 1.63. The van der Waals surface area contributed by atoms with Gasteiger partial charge in [0.05, 0.1) is 30.1 Å². The van der Waals surface area contributed by atoms with Gasteiger partial charge < -0.3 is 9.84 Å². The van der Waals surface area contributed by atoms with Crippen molar-refractivity contribution in [3.8, 4) is 0 Å². The molecule has 0 spiro atoms. The van der Waals surface area contributed by atoms with Crippen LogP contribution >= 0.6 is 23.4 Å². The zero-order chi connectivity index (χ0) is 12.0. The zero-order valence-electron chi connectivity index (χ0n) is 9.52. The van der Waals surface area contributed by atoms with Crippen molar-refractivity contribution in [2.75, 3.05) is 25.2 Å². The molecule has 1 heterocycles. The highest BCUT2D eigenvalue weighted by atomic mass is 35.5. The summed E-state index contributed by atoms with van der Waals surface area (Å²) in [4.78, 5) is 0. The molecule has 1 atom stereocenters. The molecule has 4 nitrogen and oxygen atoms in total. The van der Waals surface area contributed by atoms with Crippen molar-refractivity contribution >= 4 is 23.4 Å². The van der Waals surface area contributed by atoms with Gasteiger partial charge in [-0.05, 0) is 5.75 Å². The van der Waals surface area contributed by atoms with Crippen molar-refractivity contribution in [3.05, 3.63) is 16.9 Å². The number of aromatic nitrogens is 2. The van der Waals surface area contributed by atoms with E-state index < -0.39 is 6.10 Å². The largest absolute Gasteiger partial charge is 0.386 e. The van der Waals surface area contributed by atoms with Crippen LogP contribution in [0, 0.1) is 0 Å². The van der Waals surface area contributed by atoms with Crippen LogP contribution < -0.4 is 0 Å². The molecular weight excluding hydrogens is 248 g/mol. The third-order valence-corrected chi connectivity index (χ3v) is 3.39. The Bertz CT molecular complexity index is 320. The Morgan fingerprint density at radius 3 is 3.06 bits per heavy atom. The molecule has 0 aliphatic rings. The van der Waals surface area contributed by atoms with E-state index in [9.17, 15) is 5.11 Å². The number of ether oxygens (including phenoxy) is 1. The Morgan fingerprint density at radius 2 is 2.44 bits per heavy atom. The number of aliphatic hydroxyl groups is 1. The summed E-state index contributed by atoms with van der Waals surface area (Å²) in [5.41, 5.74) is 0.680. The molecule has 0 bridgehead atoms. The van der Waals surface area contributed by atoms with E-state index in [0.29, 0.717) is 29.6 Å². The molecule has 1 aromatic heterocycles. The lowest BCUT2D eigenvalue weighted by Gasteiger charge is -2.13. The number of methoxy groups -OCH3 is 1. The van der Waals surface area contributed by atoms with Gasteiger partial charge in [0.25, 0.3) is 0 Å². The van der Waals surface area contributed by atoms with E-state index in [1.165, 1.54) is 0 Å². The minimum absolute atomic E-state index is 0.514. The van der Waals surface area contributed by atoms with Crippen LogP contribution in [-0.2, 0) is 11.3 Å². The third kappa shape index (κ3) is 3.66. The molecule has 0 aliphatic carbocycles. The lowest BCUT2D eigenvalue weighted by atomic mass is 10.3. The van der Waals surface area contributed by atoms with Gasteiger partial charge in [0.15, 0.2) is 0 Å². The molecule has 6 heteroatoms. The van der Waals surface area contributed by atoms with E-state index in [2.05, 4.69) is 12.0 Å². The van der Waals surface area contributed by atoms with Crippen LogP contribution in [-0.4, -0.2) is 40.1 Å². The quantitative estimate of drug-likeness (QED) is 0.818. The number of nitrogens with zero attached hydrogens (tertiary/aromatic N) is 2. The van der Waals surface area contributed by atoms with Crippen molar-refractivity contribution in [1.29, 1.82) is 0 Å². The summed E-state index contributed by atoms with van der Waals surface area (Å²) in [6.45, 7) is 3.21. The van der Waals surface area contributed by atoms with Crippen LogP contribution in [0.4, 0.5) is 0 Å². The first-order valence-corrected chi connectivity index (χ1v) is 6.69. The molecule has 1 rings (SSSR count). The summed E-state index contributed by atoms with van der Waals surface area (Å²) in [6, 6.07) is 0. The van der Waals surface area contributed by atoms with Gasteiger partial charge in [-0.1, -0.05) is 18.5 Å². The van der Waals surface area contributed by atoms with Gasteiger partial charge in [-0.15, -0.1) is 0 Å². The fourth-order valence-electron chi connectivity index (χ4n) is 1.37. The van der Waals surface area contributed by atoms with Crippen LogP contribution in [0.25, 0.3) is 0 Å². The molecule has 0 fully saturated rings. The van der Waals surface area contributed by atoms with Gasteiger partial charge in [-0.3, -0.25) is 4.68 Å². The maximum absolute atomic E-state index is 9.99. The van der Waals surface area contributed by atoms with Gasteiger partial charge in [-0.2, -0.15) is 16.9 Å². The average molecular weight is 265 g/mol. The second-order valence-electron chi connectivity index (χ2n) is 3.27. The lowest BCUT2D eigenvalue weighted by Crippen LogP contribution is -2.14. The molecular formula is C10H17ClN2O2S. The summed E-state index contributed by atoms with van der Waals surface area (Å²) in [6.07, 6.45) is 0.989. The van der Waals surface area contributed by atoms with Crippen LogP contribution in [0.15, 0.2) is 6.20 Å². The van der Waals surface area contributed by atoms with Crippen LogP contribution in [0.3, 0.4) is 0 Å². The number of halogens is 1. The predicted octanol–water partition coefficient (Wildman–Crippen LogP) is 1.97. The van der Waals surface area contributed by atoms with Crippen molar-refractivity contribution in [2.24, 2.45) is 0 Å². The van der Waals surface area contributed by atoms with E-state index >= 15 is 0 Å². The minimum atomic E-state index is -0.572. The molecule has 0 aromatic carbocycles. The number of hydrogen-bond donors (Lipinski definition) is 1. The summed E-state index contributed by atoms with van der Waals surface area (Å²) in [5.74, 6) is 1.61. The first-order chi connectivity index (χ1) is 7.70. The minimum Gasteiger partial charge on any atom is -0.386 e. The molecule has 0 saturated heterocycles. The summed E-state index contributed by atoms with van der Waals surface area (Å²) < 4.78 is 6.68. The molecule has 1 aromatic rings. The summed E-state index contributed by atoms with van der Waals surface area (Å²) in [5, 5.41) is 14.6. The van der Waals surface area contributed by atoms with Crippen LogP contribution in [0.2, 0.25) is 5.02 Å². The predicted molar refractivity (Wildman–Crippen MR) is 67.1 cm³/mol. The van der Waals surface area contributed by atoms with Crippen molar-refractivity contribution in [3.63, 3.8) is 0 Å². The van der Waals surface area contributed by atoms with Gasteiger partial charge in [0, 0.05) is 12.9 Å². The second-order valence-corrected chi connectivity index (χ2v) is 5.00. The Labute approximate surface area is 105 Å². The maximum atomic E-state index is 9.99. The van der Waals surface area contributed by atoms with E-state index in [0.717, 1.165) is 5.75 Å². The third-order valence-electron chi connectivity index (χ3n) is 2.14. The zero-order valence-corrected chi connectivity index (χ0v) is 11.1. The highest BCUT2D eigenvalue weighted by Gasteiger charge is 2.17. The molecule has 92 valence electrons. The fourth-order valence-corrected chi connectivity index (χ4v) is 2.25. The van der Waals surface area contributed by atoms with Crippen LogP contribution in [0.1, 0.15) is 18.7 Å². The standard InChI is InChI=1S/C10H17ClN2O2S/c1-3-16-7-9(14)10-8(11)6-12-13(10)4-5-15-2/h6,9,14H,3-5,7H2,1-2H3. The lowest BCUT2D eigenvalue weighted by molar-refractivity contribution is 0.166. The summed E-state index contributed by atoms with van der Waals surface area (Å²) >= 11 is 7.68. The smallest absolute Gasteiger partial charge is 0.106 e. The first-order valence-electron chi connectivity index (χ1n) is 5.16. The highest BCUT2D eigenvalue weighted by molar-refractivity contribution is 7.99. The van der Waals surface area contributed by atoms with Crippen LogP contribution in [0.5, 0.6) is 0 Å². The molecule has 0 aliphatic heterocycles. The highest BCUT2D eigenvalue weighted by Crippen LogP contribution is 2.25. The Kier molecular flexibility index (Phi) is 6.20. The SMILES string of the molecule is CCSCC(O)c1c(Cl)cnn1CCOC. The van der Waals surface area contributed by atoms with E-state index in [4.69, 9.17) is 16.3 Å². The normalized spacial score (nSPS) is 13.0.